The van der Waals surface area contributed by atoms with Crippen molar-refractivity contribution in [2.24, 2.45) is 0 Å². The first-order valence-corrected chi connectivity index (χ1v) is 9.30. The number of aromatic amines is 1. The SMILES string of the molecule is COc1ccc2cc(C(=O)N3CCc4c(cnn4-c4ccccc4)C3)[nH]c2c1. The highest BCUT2D eigenvalue weighted by Crippen LogP contribution is 2.25. The molecule has 0 radical (unpaired) electrons. The maximum Gasteiger partial charge on any atom is 0.270 e. The van der Waals surface area contributed by atoms with Crippen LogP contribution in [0.2, 0.25) is 0 Å². The minimum absolute atomic E-state index is 0.00766. The highest BCUT2D eigenvalue weighted by atomic mass is 16.5. The van der Waals surface area contributed by atoms with Gasteiger partial charge in [0.25, 0.3) is 5.91 Å². The van der Waals surface area contributed by atoms with E-state index in [9.17, 15) is 4.79 Å². The van der Waals surface area contributed by atoms with E-state index in [-0.39, 0.29) is 5.91 Å². The van der Waals surface area contributed by atoms with Crippen molar-refractivity contribution in [2.75, 3.05) is 13.7 Å². The zero-order valence-electron chi connectivity index (χ0n) is 15.6. The molecule has 28 heavy (non-hydrogen) atoms. The van der Waals surface area contributed by atoms with E-state index in [1.807, 2.05) is 70.4 Å². The van der Waals surface area contributed by atoms with E-state index in [1.165, 1.54) is 5.69 Å². The Morgan fingerprint density at radius 3 is 2.82 bits per heavy atom. The molecule has 5 rings (SSSR count). The summed E-state index contributed by atoms with van der Waals surface area (Å²) < 4.78 is 7.24. The van der Waals surface area contributed by atoms with E-state index in [4.69, 9.17) is 4.74 Å². The molecular formula is C22H20N4O2. The molecule has 1 aliphatic rings. The van der Waals surface area contributed by atoms with Crippen LogP contribution in [0.15, 0.2) is 60.8 Å². The Balaban J connectivity index is 1.40. The number of methoxy groups -OCH3 is 1. The van der Waals surface area contributed by atoms with E-state index < -0.39 is 0 Å². The molecule has 0 aliphatic carbocycles. The summed E-state index contributed by atoms with van der Waals surface area (Å²) in [5.41, 5.74) is 4.82. The highest BCUT2D eigenvalue weighted by molar-refractivity contribution is 5.98. The van der Waals surface area contributed by atoms with Gasteiger partial charge in [0, 0.05) is 42.0 Å². The number of fused-ring (bicyclic) bond motifs is 2. The average molecular weight is 372 g/mol. The van der Waals surface area contributed by atoms with Gasteiger partial charge < -0.3 is 14.6 Å². The summed E-state index contributed by atoms with van der Waals surface area (Å²) in [7, 11) is 1.64. The Bertz CT molecular complexity index is 1160. The summed E-state index contributed by atoms with van der Waals surface area (Å²) in [5, 5.41) is 5.54. The lowest BCUT2D eigenvalue weighted by atomic mass is 10.1. The number of aromatic nitrogens is 3. The van der Waals surface area contributed by atoms with Crippen molar-refractivity contribution in [1.82, 2.24) is 19.7 Å². The minimum Gasteiger partial charge on any atom is -0.497 e. The summed E-state index contributed by atoms with van der Waals surface area (Å²) in [5.74, 6) is 0.776. The van der Waals surface area contributed by atoms with Crippen molar-refractivity contribution in [2.45, 2.75) is 13.0 Å². The number of amides is 1. The molecule has 0 spiro atoms. The van der Waals surface area contributed by atoms with E-state index in [0.717, 1.165) is 34.3 Å². The predicted octanol–water partition coefficient (Wildman–Crippen LogP) is 3.56. The van der Waals surface area contributed by atoms with Gasteiger partial charge in [-0.2, -0.15) is 5.10 Å². The maximum atomic E-state index is 13.0. The Morgan fingerprint density at radius 1 is 1.14 bits per heavy atom. The topological polar surface area (TPSA) is 63.1 Å². The smallest absolute Gasteiger partial charge is 0.270 e. The van der Waals surface area contributed by atoms with E-state index in [2.05, 4.69) is 10.1 Å². The fourth-order valence-corrected chi connectivity index (χ4v) is 3.82. The van der Waals surface area contributed by atoms with Gasteiger partial charge in [0.05, 0.1) is 24.7 Å². The number of carbonyl (C=O) groups excluding carboxylic acids is 1. The lowest BCUT2D eigenvalue weighted by Gasteiger charge is -2.27. The molecule has 0 unspecified atom stereocenters. The van der Waals surface area contributed by atoms with Gasteiger partial charge in [-0.25, -0.2) is 4.68 Å². The summed E-state index contributed by atoms with van der Waals surface area (Å²) in [6, 6.07) is 17.8. The second kappa shape index (κ2) is 6.56. The Morgan fingerprint density at radius 2 is 2.00 bits per heavy atom. The van der Waals surface area contributed by atoms with Crippen LogP contribution in [0, 0.1) is 0 Å². The van der Waals surface area contributed by atoms with Gasteiger partial charge in [-0.05, 0) is 30.3 Å². The van der Waals surface area contributed by atoms with Gasteiger partial charge in [0.1, 0.15) is 11.4 Å². The van der Waals surface area contributed by atoms with Crippen LogP contribution in [0.25, 0.3) is 16.6 Å². The molecule has 1 amide bonds. The first-order valence-electron chi connectivity index (χ1n) is 9.30. The predicted molar refractivity (Wildman–Crippen MR) is 107 cm³/mol. The van der Waals surface area contributed by atoms with Crippen LogP contribution >= 0.6 is 0 Å². The molecule has 0 bridgehead atoms. The zero-order valence-corrected chi connectivity index (χ0v) is 15.6. The number of nitrogens with one attached hydrogen (secondary N) is 1. The summed E-state index contributed by atoms with van der Waals surface area (Å²) in [6.07, 6.45) is 2.65. The van der Waals surface area contributed by atoms with Crippen molar-refractivity contribution in [1.29, 1.82) is 0 Å². The molecule has 1 N–H and O–H groups in total. The van der Waals surface area contributed by atoms with Gasteiger partial charge in [0.15, 0.2) is 0 Å². The first kappa shape index (κ1) is 16.6. The fourth-order valence-electron chi connectivity index (χ4n) is 3.82. The van der Waals surface area contributed by atoms with Crippen molar-refractivity contribution in [3.63, 3.8) is 0 Å². The van der Waals surface area contributed by atoms with E-state index in [0.29, 0.717) is 18.8 Å². The van der Waals surface area contributed by atoms with Crippen LogP contribution in [-0.2, 0) is 13.0 Å². The van der Waals surface area contributed by atoms with Crippen molar-refractivity contribution >= 4 is 16.8 Å². The second-order valence-electron chi connectivity index (χ2n) is 6.98. The standard InChI is InChI=1S/C22H20N4O2/c1-28-18-8-7-15-11-20(24-19(15)12-18)22(27)25-10-9-21-16(14-25)13-23-26(21)17-5-3-2-4-6-17/h2-8,11-13,24H,9-10,14H2,1H3. The lowest BCUT2D eigenvalue weighted by molar-refractivity contribution is 0.0729. The maximum absolute atomic E-state index is 13.0. The van der Waals surface area contributed by atoms with E-state index in [1.54, 1.807) is 7.11 Å². The number of H-pyrrole nitrogens is 1. The van der Waals surface area contributed by atoms with Crippen LogP contribution < -0.4 is 4.74 Å². The Labute approximate surface area is 162 Å². The largest absolute Gasteiger partial charge is 0.497 e. The molecule has 0 atom stereocenters. The molecule has 0 fully saturated rings. The van der Waals surface area contributed by atoms with Crippen molar-refractivity contribution in [3.8, 4) is 11.4 Å². The molecule has 0 saturated carbocycles. The van der Waals surface area contributed by atoms with Gasteiger partial charge in [-0.15, -0.1) is 0 Å². The number of rotatable bonds is 3. The number of nitrogens with zero attached hydrogens (tertiary/aromatic N) is 3. The first-order chi connectivity index (χ1) is 13.7. The third kappa shape index (κ3) is 2.74. The fraction of sp³-hybridized carbons (Fsp3) is 0.182. The van der Waals surface area contributed by atoms with Crippen molar-refractivity contribution < 1.29 is 9.53 Å². The molecule has 2 aromatic heterocycles. The highest BCUT2D eigenvalue weighted by Gasteiger charge is 2.26. The summed E-state index contributed by atoms with van der Waals surface area (Å²) >= 11 is 0. The number of para-hydroxylation sites is 1. The lowest BCUT2D eigenvalue weighted by Crippen LogP contribution is -2.36. The average Bonchev–Trinajstić information content (AvgIpc) is 3.36. The van der Waals surface area contributed by atoms with Crippen LogP contribution in [0.5, 0.6) is 5.75 Å². The third-order valence-corrected chi connectivity index (χ3v) is 5.28. The monoisotopic (exact) mass is 372 g/mol. The molecule has 4 aromatic rings. The number of hydrogen-bond donors (Lipinski definition) is 1. The molecule has 6 heteroatoms. The molecule has 6 nitrogen and oxygen atoms in total. The van der Waals surface area contributed by atoms with Crippen LogP contribution in [0.1, 0.15) is 21.7 Å². The van der Waals surface area contributed by atoms with Crippen molar-refractivity contribution in [3.05, 3.63) is 77.7 Å². The Hall–Kier alpha value is -3.54. The summed E-state index contributed by atoms with van der Waals surface area (Å²) in [4.78, 5) is 18.2. The minimum atomic E-state index is 0.00766. The summed E-state index contributed by atoms with van der Waals surface area (Å²) in [6.45, 7) is 1.24. The molecule has 2 aromatic carbocycles. The number of hydrogen-bond acceptors (Lipinski definition) is 3. The van der Waals surface area contributed by atoms with Crippen LogP contribution in [-0.4, -0.2) is 39.2 Å². The molecule has 140 valence electrons. The third-order valence-electron chi connectivity index (χ3n) is 5.28. The van der Waals surface area contributed by atoms with E-state index >= 15 is 0 Å². The van der Waals surface area contributed by atoms with Gasteiger partial charge >= 0.3 is 0 Å². The quantitative estimate of drug-likeness (QED) is 0.598. The van der Waals surface area contributed by atoms with Gasteiger partial charge in [-0.1, -0.05) is 18.2 Å². The molecule has 0 saturated heterocycles. The number of carbonyl (C=O) groups is 1. The van der Waals surface area contributed by atoms with Gasteiger partial charge in [-0.3, -0.25) is 4.79 Å². The van der Waals surface area contributed by atoms with Crippen LogP contribution in [0.3, 0.4) is 0 Å². The van der Waals surface area contributed by atoms with Gasteiger partial charge in [0.2, 0.25) is 0 Å². The molecule has 1 aliphatic heterocycles. The van der Waals surface area contributed by atoms with Crippen LogP contribution in [0.4, 0.5) is 0 Å². The zero-order chi connectivity index (χ0) is 19.1. The number of ether oxygens (including phenoxy) is 1. The normalized spacial score (nSPS) is 13.5. The Kier molecular flexibility index (Phi) is 3.90. The number of benzene rings is 2. The molecular weight excluding hydrogens is 352 g/mol. The molecule has 3 heterocycles. The second-order valence-corrected chi connectivity index (χ2v) is 6.98.